The molecule has 0 spiro atoms. The van der Waals surface area contributed by atoms with E-state index < -0.39 is 10.0 Å². The molecule has 29 heavy (non-hydrogen) atoms. The van der Waals surface area contributed by atoms with Gasteiger partial charge in [-0.1, -0.05) is 24.3 Å². The highest BCUT2D eigenvalue weighted by atomic mass is 32.2. The molecule has 0 saturated carbocycles. The minimum Gasteiger partial charge on any atom is -0.497 e. The molecule has 8 heteroatoms. The van der Waals surface area contributed by atoms with Gasteiger partial charge < -0.3 is 4.74 Å². The maximum atomic E-state index is 12.2. The fourth-order valence-corrected chi connectivity index (χ4v) is 4.24. The molecular formula is C21H19N3O3S2. The second-order valence-electron chi connectivity index (χ2n) is 6.29. The SMILES string of the molecule is COc1ccc(/C=C(/C#N)c2nc(-c3ccc(S(=O)(=O)N(C)C)cc3)cs2)cc1. The van der Waals surface area contributed by atoms with Gasteiger partial charge in [0.2, 0.25) is 10.0 Å². The van der Waals surface area contributed by atoms with Gasteiger partial charge in [-0.25, -0.2) is 17.7 Å². The smallest absolute Gasteiger partial charge is 0.242 e. The van der Waals surface area contributed by atoms with E-state index in [1.165, 1.54) is 29.7 Å². The molecule has 0 radical (unpaired) electrons. The number of ether oxygens (including phenoxy) is 1. The Balaban J connectivity index is 1.87. The zero-order valence-electron chi connectivity index (χ0n) is 16.2. The average molecular weight is 426 g/mol. The van der Waals surface area contributed by atoms with Crippen LogP contribution in [0.15, 0.2) is 58.8 Å². The first-order chi connectivity index (χ1) is 13.8. The number of nitriles is 1. The summed E-state index contributed by atoms with van der Waals surface area (Å²) in [6.07, 6.45) is 1.77. The number of nitrogens with zero attached hydrogens (tertiary/aromatic N) is 3. The molecule has 3 rings (SSSR count). The van der Waals surface area contributed by atoms with Gasteiger partial charge in [0.05, 0.1) is 23.3 Å². The molecule has 0 bridgehead atoms. The van der Waals surface area contributed by atoms with Gasteiger partial charge in [0.25, 0.3) is 0 Å². The van der Waals surface area contributed by atoms with Crippen molar-refractivity contribution < 1.29 is 13.2 Å². The molecule has 2 aromatic carbocycles. The number of rotatable bonds is 6. The first kappa shape index (κ1) is 20.7. The van der Waals surface area contributed by atoms with Crippen LogP contribution in [0.4, 0.5) is 0 Å². The third-order valence-electron chi connectivity index (χ3n) is 4.21. The number of methoxy groups -OCH3 is 1. The van der Waals surface area contributed by atoms with Gasteiger partial charge in [0, 0.05) is 25.0 Å². The number of allylic oxidation sites excluding steroid dienone is 1. The second-order valence-corrected chi connectivity index (χ2v) is 9.30. The number of hydrogen-bond acceptors (Lipinski definition) is 6. The average Bonchev–Trinajstić information content (AvgIpc) is 3.22. The minimum atomic E-state index is -3.47. The zero-order chi connectivity index (χ0) is 21.0. The van der Waals surface area contributed by atoms with Crippen molar-refractivity contribution >= 4 is 33.0 Å². The van der Waals surface area contributed by atoms with E-state index in [2.05, 4.69) is 11.1 Å². The number of benzene rings is 2. The van der Waals surface area contributed by atoms with Crippen LogP contribution in [0.1, 0.15) is 10.6 Å². The van der Waals surface area contributed by atoms with Crippen LogP contribution in [0.5, 0.6) is 5.75 Å². The minimum absolute atomic E-state index is 0.221. The van der Waals surface area contributed by atoms with Gasteiger partial charge in [0.1, 0.15) is 16.8 Å². The number of aromatic nitrogens is 1. The molecule has 0 atom stereocenters. The Bertz CT molecular complexity index is 1170. The summed E-state index contributed by atoms with van der Waals surface area (Å²) in [6.45, 7) is 0. The van der Waals surface area contributed by atoms with Gasteiger partial charge in [-0.15, -0.1) is 11.3 Å². The lowest BCUT2D eigenvalue weighted by atomic mass is 10.1. The third-order valence-corrected chi connectivity index (χ3v) is 6.92. The lowest BCUT2D eigenvalue weighted by Gasteiger charge is -2.11. The van der Waals surface area contributed by atoms with Crippen molar-refractivity contribution in [1.29, 1.82) is 5.26 Å². The highest BCUT2D eigenvalue weighted by Gasteiger charge is 2.17. The van der Waals surface area contributed by atoms with E-state index in [4.69, 9.17) is 4.74 Å². The summed E-state index contributed by atoms with van der Waals surface area (Å²) < 4.78 is 30.7. The molecule has 1 heterocycles. The largest absolute Gasteiger partial charge is 0.497 e. The highest BCUT2D eigenvalue weighted by molar-refractivity contribution is 7.89. The van der Waals surface area contributed by atoms with Crippen molar-refractivity contribution in [2.75, 3.05) is 21.2 Å². The lowest BCUT2D eigenvalue weighted by Crippen LogP contribution is -2.22. The van der Waals surface area contributed by atoms with Crippen molar-refractivity contribution in [3.05, 3.63) is 64.5 Å². The van der Waals surface area contributed by atoms with Crippen LogP contribution in [0.25, 0.3) is 22.9 Å². The number of sulfonamides is 1. The summed E-state index contributed by atoms with van der Waals surface area (Å²) >= 11 is 1.37. The number of hydrogen-bond donors (Lipinski definition) is 0. The van der Waals surface area contributed by atoms with E-state index >= 15 is 0 Å². The molecule has 148 valence electrons. The quantitative estimate of drug-likeness (QED) is 0.555. The van der Waals surface area contributed by atoms with Crippen molar-refractivity contribution in [2.24, 2.45) is 0 Å². The molecule has 1 aromatic heterocycles. The Morgan fingerprint density at radius 3 is 2.34 bits per heavy atom. The van der Waals surface area contributed by atoms with Gasteiger partial charge in [-0.2, -0.15) is 5.26 Å². The number of thiazole rings is 1. The van der Waals surface area contributed by atoms with E-state index in [0.29, 0.717) is 16.3 Å². The van der Waals surface area contributed by atoms with Crippen LogP contribution in [-0.2, 0) is 10.0 Å². The summed E-state index contributed by atoms with van der Waals surface area (Å²) in [5, 5.41) is 12.0. The van der Waals surface area contributed by atoms with Crippen molar-refractivity contribution in [1.82, 2.24) is 9.29 Å². The topological polar surface area (TPSA) is 83.3 Å². The van der Waals surface area contributed by atoms with Gasteiger partial charge in [-0.3, -0.25) is 0 Å². The first-order valence-corrected chi connectivity index (χ1v) is 10.9. The van der Waals surface area contributed by atoms with Gasteiger partial charge in [-0.05, 0) is 35.9 Å². The highest BCUT2D eigenvalue weighted by Crippen LogP contribution is 2.28. The molecule has 6 nitrogen and oxygen atoms in total. The van der Waals surface area contributed by atoms with Crippen LogP contribution in [-0.4, -0.2) is 38.9 Å². The van der Waals surface area contributed by atoms with Crippen LogP contribution in [0, 0.1) is 11.3 Å². The molecule has 0 fully saturated rings. The predicted octanol–water partition coefficient (Wildman–Crippen LogP) is 4.13. The molecule has 3 aromatic rings. The Hall–Kier alpha value is -2.99. The molecular weight excluding hydrogens is 406 g/mol. The molecule has 0 unspecified atom stereocenters. The van der Waals surface area contributed by atoms with Crippen LogP contribution in [0.2, 0.25) is 0 Å². The molecule has 0 aliphatic rings. The van der Waals surface area contributed by atoms with E-state index in [0.717, 1.165) is 16.9 Å². The van der Waals surface area contributed by atoms with E-state index in [-0.39, 0.29) is 4.90 Å². The zero-order valence-corrected chi connectivity index (χ0v) is 17.8. The monoisotopic (exact) mass is 425 g/mol. The van der Waals surface area contributed by atoms with Gasteiger partial charge >= 0.3 is 0 Å². The summed E-state index contributed by atoms with van der Waals surface area (Å²) in [4.78, 5) is 4.77. The Morgan fingerprint density at radius 1 is 1.14 bits per heavy atom. The lowest BCUT2D eigenvalue weighted by molar-refractivity contribution is 0.415. The Morgan fingerprint density at radius 2 is 1.79 bits per heavy atom. The van der Waals surface area contributed by atoms with Crippen LogP contribution >= 0.6 is 11.3 Å². The van der Waals surface area contributed by atoms with Crippen LogP contribution in [0.3, 0.4) is 0 Å². The summed E-state index contributed by atoms with van der Waals surface area (Å²) in [5.41, 5.74) is 2.80. The summed E-state index contributed by atoms with van der Waals surface area (Å²) in [5.74, 6) is 0.747. The first-order valence-electron chi connectivity index (χ1n) is 8.60. The molecule has 0 saturated heterocycles. The Labute approximate surface area is 174 Å². The van der Waals surface area contributed by atoms with Crippen molar-refractivity contribution in [3.8, 4) is 23.1 Å². The van der Waals surface area contributed by atoms with Crippen molar-refractivity contribution in [2.45, 2.75) is 4.90 Å². The fourth-order valence-electron chi connectivity index (χ4n) is 2.55. The standard InChI is InChI=1S/C21H19N3O3S2/c1-24(2)29(25,26)19-10-6-16(7-11-19)20-14-28-21(23-20)17(13-22)12-15-4-8-18(27-3)9-5-15/h4-12,14H,1-3H3/b17-12-. The van der Waals surface area contributed by atoms with Gasteiger partial charge in [0.15, 0.2) is 0 Å². The molecule has 0 amide bonds. The molecule has 0 aliphatic heterocycles. The predicted molar refractivity (Wildman–Crippen MR) is 115 cm³/mol. The van der Waals surface area contributed by atoms with E-state index in [9.17, 15) is 13.7 Å². The molecule has 0 N–H and O–H groups in total. The Kier molecular flexibility index (Phi) is 6.13. The van der Waals surface area contributed by atoms with E-state index in [1.807, 2.05) is 29.6 Å². The van der Waals surface area contributed by atoms with E-state index in [1.54, 1.807) is 37.5 Å². The normalized spacial score (nSPS) is 12.0. The summed E-state index contributed by atoms with van der Waals surface area (Å²) in [6, 6.07) is 16.1. The fraction of sp³-hybridized carbons (Fsp3) is 0.143. The third kappa shape index (κ3) is 4.54. The maximum absolute atomic E-state index is 12.2. The van der Waals surface area contributed by atoms with Crippen molar-refractivity contribution in [3.63, 3.8) is 0 Å². The molecule has 0 aliphatic carbocycles. The second kappa shape index (κ2) is 8.57. The maximum Gasteiger partial charge on any atom is 0.242 e. The summed E-state index contributed by atoms with van der Waals surface area (Å²) in [7, 11) is 1.12. The van der Waals surface area contributed by atoms with Crippen LogP contribution < -0.4 is 4.74 Å².